The second-order valence-corrected chi connectivity index (χ2v) is 5.26. The Balaban J connectivity index is 1.99. The van der Waals surface area contributed by atoms with E-state index in [0.717, 1.165) is 19.1 Å². The van der Waals surface area contributed by atoms with Gasteiger partial charge < -0.3 is 10.1 Å². The predicted molar refractivity (Wildman–Crippen MR) is 65.1 cm³/mol. The first kappa shape index (κ1) is 13.0. The molecule has 2 unspecified atom stereocenters. The maximum absolute atomic E-state index is 5.70. The molecule has 0 aromatic carbocycles. The lowest BCUT2D eigenvalue weighted by Gasteiger charge is -2.23. The van der Waals surface area contributed by atoms with Gasteiger partial charge in [-0.1, -0.05) is 13.8 Å². The Morgan fingerprint density at radius 2 is 2.07 bits per heavy atom. The van der Waals surface area contributed by atoms with E-state index in [4.69, 9.17) is 4.74 Å². The summed E-state index contributed by atoms with van der Waals surface area (Å²) in [5.41, 5.74) is 0. The molecule has 1 aliphatic rings. The van der Waals surface area contributed by atoms with E-state index in [1.807, 2.05) is 0 Å². The van der Waals surface area contributed by atoms with E-state index in [2.05, 4.69) is 26.1 Å². The van der Waals surface area contributed by atoms with E-state index in [1.54, 1.807) is 0 Å². The first-order valence-corrected chi connectivity index (χ1v) is 6.53. The van der Waals surface area contributed by atoms with Gasteiger partial charge in [-0.3, -0.25) is 0 Å². The Morgan fingerprint density at radius 1 is 1.27 bits per heavy atom. The Hall–Kier alpha value is -0.0800. The van der Waals surface area contributed by atoms with Crippen LogP contribution >= 0.6 is 0 Å². The minimum absolute atomic E-state index is 0.525. The van der Waals surface area contributed by atoms with Crippen molar-refractivity contribution in [3.05, 3.63) is 0 Å². The molecule has 0 aliphatic carbocycles. The molecule has 2 nitrogen and oxygen atoms in total. The Morgan fingerprint density at radius 3 is 2.67 bits per heavy atom. The van der Waals surface area contributed by atoms with Crippen LogP contribution in [0, 0.1) is 5.92 Å². The van der Waals surface area contributed by atoms with Crippen LogP contribution in [0.3, 0.4) is 0 Å². The molecule has 0 aromatic rings. The summed E-state index contributed by atoms with van der Waals surface area (Å²) in [6.45, 7) is 8.93. The van der Waals surface area contributed by atoms with Gasteiger partial charge in [-0.25, -0.2) is 0 Å². The van der Waals surface area contributed by atoms with Crippen LogP contribution in [-0.2, 0) is 4.74 Å². The zero-order chi connectivity index (χ0) is 11.1. The van der Waals surface area contributed by atoms with E-state index in [-0.39, 0.29) is 0 Å². The number of hydrogen-bond acceptors (Lipinski definition) is 2. The molecular formula is C13H27NO. The number of rotatable bonds is 6. The molecule has 2 atom stereocenters. The molecule has 1 saturated heterocycles. The summed E-state index contributed by atoms with van der Waals surface area (Å²) >= 11 is 0. The first-order chi connectivity index (χ1) is 7.18. The first-order valence-electron chi connectivity index (χ1n) is 6.53. The van der Waals surface area contributed by atoms with Crippen molar-refractivity contribution in [3.63, 3.8) is 0 Å². The summed E-state index contributed by atoms with van der Waals surface area (Å²) in [7, 11) is 0. The topological polar surface area (TPSA) is 21.3 Å². The summed E-state index contributed by atoms with van der Waals surface area (Å²) in [6, 6.07) is 0.647. The highest BCUT2D eigenvalue weighted by Gasteiger charge is 2.13. The molecule has 15 heavy (non-hydrogen) atoms. The highest BCUT2D eigenvalue weighted by molar-refractivity contribution is 4.68. The van der Waals surface area contributed by atoms with Crippen LogP contribution in [-0.4, -0.2) is 25.3 Å². The monoisotopic (exact) mass is 213 g/mol. The number of ether oxygens (including phenoxy) is 1. The molecule has 1 N–H and O–H groups in total. The normalized spacial score (nSPS) is 24.4. The van der Waals surface area contributed by atoms with Crippen LogP contribution in [0.1, 0.15) is 52.9 Å². The van der Waals surface area contributed by atoms with Gasteiger partial charge in [0.15, 0.2) is 0 Å². The van der Waals surface area contributed by atoms with E-state index in [9.17, 15) is 0 Å². The molecule has 1 heterocycles. The molecule has 0 amide bonds. The molecule has 90 valence electrons. The minimum Gasteiger partial charge on any atom is -0.378 e. The third kappa shape index (κ3) is 6.16. The highest BCUT2D eigenvalue weighted by Crippen LogP contribution is 2.15. The summed E-state index contributed by atoms with van der Waals surface area (Å²) < 4.78 is 5.70. The van der Waals surface area contributed by atoms with Crippen LogP contribution in [0.5, 0.6) is 0 Å². The van der Waals surface area contributed by atoms with Crippen LogP contribution < -0.4 is 5.32 Å². The Bertz CT molecular complexity index is 153. The van der Waals surface area contributed by atoms with E-state index in [0.29, 0.717) is 12.1 Å². The predicted octanol–water partition coefficient (Wildman–Crippen LogP) is 2.97. The van der Waals surface area contributed by atoms with Gasteiger partial charge in [0, 0.05) is 12.6 Å². The van der Waals surface area contributed by atoms with Crippen molar-refractivity contribution < 1.29 is 4.74 Å². The molecule has 0 saturated carbocycles. The average Bonchev–Trinajstić information content (AvgIpc) is 2.18. The fraction of sp³-hybridized carbons (Fsp3) is 1.00. The van der Waals surface area contributed by atoms with Crippen LogP contribution in [0.15, 0.2) is 0 Å². The van der Waals surface area contributed by atoms with Gasteiger partial charge in [-0.2, -0.15) is 0 Å². The third-order valence-corrected chi connectivity index (χ3v) is 3.06. The third-order valence-electron chi connectivity index (χ3n) is 3.06. The molecule has 1 fully saturated rings. The van der Waals surface area contributed by atoms with Crippen molar-refractivity contribution in [3.8, 4) is 0 Å². The second-order valence-electron chi connectivity index (χ2n) is 5.26. The molecule has 0 bridgehead atoms. The van der Waals surface area contributed by atoms with E-state index < -0.39 is 0 Å². The van der Waals surface area contributed by atoms with Crippen LogP contribution in [0.25, 0.3) is 0 Å². The summed E-state index contributed by atoms with van der Waals surface area (Å²) in [5.74, 6) is 0.790. The number of nitrogens with one attached hydrogen (secondary N) is 1. The van der Waals surface area contributed by atoms with Gasteiger partial charge in [-0.05, 0) is 51.5 Å². The maximum atomic E-state index is 5.70. The molecule has 1 rings (SSSR count). The van der Waals surface area contributed by atoms with Gasteiger partial charge in [0.2, 0.25) is 0 Å². The molecule has 2 heteroatoms. The van der Waals surface area contributed by atoms with Crippen molar-refractivity contribution in [2.24, 2.45) is 5.92 Å². The molecule has 0 radical (unpaired) electrons. The minimum atomic E-state index is 0.525. The van der Waals surface area contributed by atoms with E-state index in [1.165, 1.54) is 32.1 Å². The Labute approximate surface area is 94.8 Å². The highest BCUT2D eigenvalue weighted by atomic mass is 16.5. The van der Waals surface area contributed by atoms with Crippen molar-refractivity contribution in [2.45, 2.75) is 65.0 Å². The second kappa shape index (κ2) is 7.24. The molecule has 1 aliphatic heterocycles. The average molecular weight is 213 g/mol. The zero-order valence-electron chi connectivity index (χ0n) is 10.6. The maximum Gasteiger partial charge on any atom is 0.0587 e. The fourth-order valence-corrected chi connectivity index (χ4v) is 2.32. The zero-order valence-corrected chi connectivity index (χ0v) is 10.6. The van der Waals surface area contributed by atoms with Crippen molar-refractivity contribution in [1.29, 1.82) is 0 Å². The lowest BCUT2D eigenvalue weighted by atomic mass is 10.0. The van der Waals surface area contributed by atoms with Crippen molar-refractivity contribution in [1.82, 2.24) is 5.32 Å². The lowest BCUT2D eigenvalue weighted by molar-refractivity contribution is 0.0112. The van der Waals surface area contributed by atoms with E-state index >= 15 is 0 Å². The van der Waals surface area contributed by atoms with Crippen LogP contribution in [0.2, 0.25) is 0 Å². The number of hydrogen-bond donors (Lipinski definition) is 1. The van der Waals surface area contributed by atoms with Gasteiger partial charge >= 0.3 is 0 Å². The molecular weight excluding hydrogens is 186 g/mol. The van der Waals surface area contributed by atoms with Crippen molar-refractivity contribution >= 4 is 0 Å². The summed E-state index contributed by atoms with van der Waals surface area (Å²) in [5, 5.41) is 3.58. The fourth-order valence-electron chi connectivity index (χ4n) is 2.32. The SMILES string of the molecule is CC(C)CC(C)NCCC1CCCCO1. The smallest absolute Gasteiger partial charge is 0.0587 e. The van der Waals surface area contributed by atoms with Crippen molar-refractivity contribution in [2.75, 3.05) is 13.2 Å². The van der Waals surface area contributed by atoms with Crippen LogP contribution in [0.4, 0.5) is 0 Å². The quantitative estimate of drug-likeness (QED) is 0.732. The molecule has 0 aromatic heterocycles. The van der Waals surface area contributed by atoms with Gasteiger partial charge in [0.1, 0.15) is 0 Å². The van der Waals surface area contributed by atoms with Gasteiger partial charge in [0.05, 0.1) is 6.10 Å². The molecule has 0 spiro atoms. The summed E-state index contributed by atoms with van der Waals surface area (Å²) in [4.78, 5) is 0. The van der Waals surface area contributed by atoms with Gasteiger partial charge in [0.25, 0.3) is 0 Å². The Kier molecular flexibility index (Phi) is 6.26. The standard InChI is InChI=1S/C13H27NO/c1-11(2)10-12(3)14-8-7-13-6-4-5-9-15-13/h11-14H,4-10H2,1-3H3. The van der Waals surface area contributed by atoms with Gasteiger partial charge in [-0.15, -0.1) is 0 Å². The summed E-state index contributed by atoms with van der Waals surface area (Å²) in [6.07, 6.45) is 6.85. The largest absolute Gasteiger partial charge is 0.378 e. The lowest BCUT2D eigenvalue weighted by Crippen LogP contribution is -2.31.